The van der Waals surface area contributed by atoms with Gasteiger partial charge in [0.05, 0.1) is 24.6 Å². The summed E-state index contributed by atoms with van der Waals surface area (Å²) >= 11 is 0. The monoisotopic (exact) mass is 376 g/mol. The highest BCUT2D eigenvalue weighted by Crippen LogP contribution is 2.21. The number of amides is 1. The summed E-state index contributed by atoms with van der Waals surface area (Å²) in [6.07, 6.45) is 9.69. The SMILES string of the molecule is CCCn1ncc(NC(=O)Cn2cc(-c3cccc(-n4cccn4)c3)cn2)n1. The second kappa shape index (κ2) is 7.87. The number of carbonyl (C=O) groups is 1. The van der Waals surface area contributed by atoms with Crippen LogP contribution in [0.1, 0.15) is 13.3 Å². The number of benzene rings is 1. The Hall–Kier alpha value is -3.75. The fraction of sp³-hybridized carbons (Fsp3) is 0.211. The molecular weight excluding hydrogens is 356 g/mol. The number of anilines is 1. The van der Waals surface area contributed by atoms with E-state index in [-0.39, 0.29) is 12.5 Å². The van der Waals surface area contributed by atoms with Crippen molar-refractivity contribution in [2.75, 3.05) is 5.32 Å². The maximum atomic E-state index is 12.2. The molecule has 0 aliphatic carbocycles. The maximum absolute atomic E-state index is 12.2. The van der Waals surface area contributed by atoms with Crippen LogP contribution < -0.4 is 5.32 Å². The van der Waals surface area contributed by atoms with Crippen LogP contribution >= 0.6 is 0 Å². The number of hydrogen-bond donors (Lipinski definition) is 1. The van der Waals surface area contributed by atoms with Gasteiger partial charge in [0.25, 0.3) is 0 Å². The lowest BCUT2D eigenvalue weighted by Crippen LogP contribution is -2.19. The van der Waals surface area contributed by atoms with Gasteiger partial charge in [0.15, 0.2) is 5.82 Å². The molecular formula is C19H20N8O. The summed E-state index contributed by atoms with van der Waals surface area (Å²) in [5, 5.41) is 19.6. The summed E-state index contributed by atoms with van der Waals surface area (Å²) in [6.45, 7) is 2.86. The molecule has 0 saturated heterocycles. The van der Waals surface area contributed by atoms with Crippen LogP contribution in [-0.4, -0.2) is 40.5 Å². The Morgan fingerprint density at radius 1 is 1.11 bits per heavy atom. The third kappa shape index (κ3) is 3.98. The molecule has 0 unspecified atom stereocenters. The Kier molecular flexibility index (Phi) is 4.96. The first-order valence-electron chi connectivity index (χ1n) is 9.04. The normalized spacial score (nSPS) is 10.9. The van der Waals surface area contributed by atoms with Gasteiger partial charge in [-0.15, -0.1) is 5.10 Å². The van der Waals surface area contributed by atoms with E-state index >= 15 is 0 Å². The average Bonchev–Trinajstić information content (AvgIpc) is 3.44. The van der Waals surface area contributed by atoms with Gasteiger partial charge in [0.2, 0.25) is 5.91 Å². The van der Waals surface area contributed by atoms with Crippen LogP contribution in [0.5, 0.6) is 0 Å². The first-order chi connectivity index (χ1) is 13.7. The van der Waals surface area contributed by atoms with Crippen molar-refractivity contribution < 1.29 is 4.79 Å². The molecule has 28 heavy (non-hydrogen) atoms. The molecule has 0 aliphatic rings. The summed E-state index contributed by atoms with van der Waals surface area (Å²) < 4.78 is 3.40. The minimum absolute atomic E-state index is 0.0967. The number of rotatable bonds is 7. The van der Waals surface area contributed by atoms with Gasteiger partial charge >= 0.3 is 0 Å². The van der Waals surface area contributed by atoms with Gasteiger partial charge in [-0.05, 0) is 30.2 Å². The molecule has 0 fully saturated rings. The fourth-order valence-electron chi connectivity index (χ4n) is 2.84. The first-order valence-corrected chi connectivity index (χ1v) is 9.04. The Morgan fingerprint density at radius 3 is 2.86 bits per heavy atom. The molecule has 0 radical (unpaired) electrons. The predicted octanol–water partition coefficient (Wildman–Crippen LogP) is 2.38. The van der Waals surface area contributed by atoms with Crippen LogP contribution in [0.3, 0.4) is 0 Å². The summed E-state index contributed by atoms with van der Waals surface area (Å²) in [6, 6.07) is 9.86. The summed E-state index contributed by atoms with van der Waals surface area (Å²) in [4.78, 5) is 13.8. The van der Waals surface area contributed by atoms with Crippen LogP contribution in [0.4, 0.5) is 5.82 Å². The van der Waals surface area contributed by atoms with Crippen LogP contribution in [0, 0.1) is 0 Å². The van der Waals surface area contributed by atoms with Crippen molar-refractivity contribution in [1.82, 2.24) is 34.6 Å². The smallest absolute Gasteiger partial charge is 0.247 e. The van der Waals surface area contributed by atoms with Gasteiger partial charge in [0, 0.05) is 24.2 Å². The van der Waals surface area contributed by atoms with E-state index in [1.54, 1.807) is 32.8 Å². The first kappa shape index (κ1) is 17.7. The number of nitrogens with zero attached hydrogens (tertiary/aromatic N) is 7. The minimum Gasteiger partial charge on any atom is -0.306 e. The van der Waals surface area contributed by atoms with E-state index in [0.29, 0.717) is 5.82 Å². The van der Waals surface area contributed by atoms with Gasteiger partial charge in [-0.1, -0.05) is 19.1 Å². The standard InChI is InChI=1S/C19H20N8O/c1-2-8-27-22-12-18(24-27)23-19(28)14-25-13-16(11-21-25)15-5-3-6-17(10-15)26-9-4-7-20-26/h3-7,9-13H,2,8,14H2,1H3,(H,23,24,28). The van der Waals surface area contributed by atoms with Crippen molar-refractivity contribution in [2.45, 2.75) is 26.4 Å². The molecule has 3 heterocycles. The quantitative estimate of drug-likeness (QED) is 0.534. The van der Waals surface area contributed by atoms with E-state index in [0.717, 1.165) is 29.8 Å². The zero-order chi connectivity index (χ0) is 19.3. The number of hydrogen-bond acceptors (Lipinski definition) is 5. The third-order valence-electron chi connectivity index (χ3n) is 4.11. The van der Waals surface area contributed by atoms with Crippen LogP contribution in [-0.2, 0) is 17.9 Å². The van der Waals surface area contributed by atoms with E-state index in [4.69, 9.17) is 0 Å². The largest absolute Gasteiger partial charge is 0.306 e. The van der Waals surface area contributed by atoms with E-state index in [1.165, 1.54) is 0 Å². The Bertz CT molecular complexity index is 1060. The molecule has 0 aliphatic heterocycles. The lowest BCUT2D eigenvalue weighted by molar-refractivity contribution is -0.116. The van der Waals surface area contributed by atoms with Crippen molar-refractivity contribution in [1.29, 1.82) is 0 Å². The molecule has 1 N–H and O–H groups in total. The number of aromatic nitrogens is 7. The molecule has 142 valence electrons. The van der Waals surface area contributed by atoms with E-state index in [2.05, 4.69) is 25.7 Å². The third-order valence-corrected chi connectivity index (χ3v) is 4.11. The maximum Gasteiger partial charge on any atom is 0.247 e. The minimum atomic E-state index is -0.205. The van der Waals surface area contributed by atoms with Crippen LogP contribution in [0.2, 0.25) is 0 Å². The highest BCUT2D eigenvalue weighted by atomic mass is 16.2. The molecule has 1 amide bonds. The molecule has 0 spiro atoms. The van der Waals surface area contributed by atoms with Crippen molar-refractivity contribution in [3.05, 3.63) is 61.3 Å². The fourth-order valence-corrected chi connectivity index (χ4v) is 2.84. The van der Waals surface area contributed by atoms with Crippen LogP contribution in [0.25, 0.3) is 16.8 Å². The van der Waals surface area contributed by atoms with Crippen molar-refractivity contribution in [3.8, 4) is 16.8 Å². The molecule has 4 aromatic rings. The molecule has 1 aromatic carbocycles. The Balaban J connectivity index is 1.43. The van der Waals surface area contributed by atoms with Crippen LogP contribution in [0.15, 0.2) is 61.3 Å². The van der Waals surface area contributed by atoms with E-state index < -0.39 is 0 Å². The molecule has 9 heteroatoms. The summed E-state index contributed by atoms with van der Waals surface area (Å²) in [7, 11) is 0. The number of nitrogens with one attached hydrogen (secondary N) is 1. The zero-order valence-corrected chi connectivity index (χ0v) is 15.4. The molecule has 0 bridgehead atoms. The molecule has 0 atom stereocenters. The highest BCUT2D eigenvalue weighted by Gasteiger charge is 2.09. The van der Waals surface area contributed by atoms with Gasteiger partial charge in [-0.3, -0.25) is 9.48 Å². The van der Waals surface area contributed by atoms with Crippen molar-refractivity contribution in [2.24, 2.45) is 0 Å². The van der Waals surface area contributed by atoms with E-state index in [9.17, 15) is 4.79 Å². The Labute approximate surface area is 161 Å². The van der Waals surface area contributed by atoms with Crippen molar-refractivity contribution in [3.63, 3.8) is 0 Å². The van der Waals surface area contributed by atoms with E-state index in [1.807, 2.05) is 49.6 Å². The molecule has 4 rings (SSSR count). The number of aryl methyl sites for hydroxylation is 1. The molecule has 9 nitrogen and oxygen atoms in total. The van der Waals surface area contributed by atoms with Gasteiger partial charge in [-0.2, -0.15) is 20.1 Å². The van der Waals surface area contributed by atoms with Crippen molar-refractivity contribution >= 4 is 11.7 Å². The lowest BCUT2D eigenvalue weighted by Gasteiger charge is -2.04. The average molecular weight is 376 g/mol. The Morgan fingerprint density at radius 2 is 2.04 bits per heavy atom. The summed E-state index contributed by atoms with van der Waals surface area (Å²) in [5.41, 5.74) is 2.89. The van der Waals surface area contributed by atoms with Gasteiger partial charge in [-0.25, -0.2) is 4.68 Å². The molecule has 3 aromatic heterocycles. The zero-order valence-electron chi connectivity index (χ0n) is 15.4. The number of carbonyl (C=O) groups excluding carboxylic acids is 1. The lowest BCUT2D eigenvalue weighted by atomic mass is 10.1. The van der Waals surface area contributed by atoms with Gasteiger partial charge in [0.1, 0.15) is 6.54 Å². The van der Waals surface area contributed by atoms with Gasteiger partial charge < -0.3 is 5.32 Å². The second-order valence-corrected chi connectivity index (χ2v) is 6.30. The predicted molar refractivity (Wildman–Crippen MR) is 104 cm³/mol. The highest BCUT2D eigenvalue weighted by molar-refractivity contribution is 5.89. The molecule has 0 saturated carbocycles. The second-order valence-electron chi connectivity index (χ2n) is 6.30. The topological polar surface area (TPSA) is 95.5 Å². The summed E-state index contributed by atoms with van der Waals surface area (Å²) in [5.74, 6) is 0.237.